The maximum Gasteiger partial charge on any atom is 0.416 e. The molecule has 0 spiro atoms. The minimum atomic E-state index is -0.531. The molecule has 1 aliphatic heterocycles. The maximum atomic E-state index is 11.7. The lowest BCUT2D eigenvalue weighted by Crippen LogP contribution is -2.33. The van der Waals surface area contributed by atoms with Gasteiger partial charge in [-0.1, -0.05) is 35.9 Å². The zero-order valence-corrected chi connectivity index (χ0v) is 13.5. The monoisotopic (exact) mass is 317 g/mol. The van der Waals surface area contributed by atoms with Gasteiger partial charge in [-0.3, -0.25) is 9.59 Å². The fraction of sp³-hybridized carbons (Fsp3) is 0.500. The number of ketones is 1. The van der Waals surface area contributed by atoms with Gasteiger partial charge in [0, 0.05) is 19.3 Å². The van der Waals surface area contributed by atoms with Crippen molar-refractivity contribution in [3.8, 4) is 0 Å². The van der Waals surface area contributed by atoms with E-state index in [2.05, 4.69) is 19.1 Å². The number of Topliss-reactive ketones (excluding diaryl/α,β-unsaturated/α-hetero) is 1. The van der Waals surface area contributed by atoms with Crippen LogP contribution < -0.4 is 0 Å². The molecule has 3 rings (SSSR count). The van der Waals surface area contributed by atoms with Crippen LogP contribution in [0, 0.1) is 12.8 Å². The molecule has 124 valence electrons. The van der Waals surface area contributed by atoms with Crippen LogP contribution in [0.1, 0.15) is 37.7 Å². The highest BCUT2D eigenvalue weighted by Gasteiger charge is 2.30. The first-order chi connectivity index (χ1) is 11.1. The van der Waals surface area contributed by atoms with Gasteiger partial charge >= 0.3 is 6.09 Å². The van der Waals surface area contributed by atoms with Crippen LogP contribution in [-0.2, 0) is 14.3 Å². The molecule has 1 aromatic carbocycles. The van der Waals surface area contributed by atoms with Crippen molar-refractivity contribution in [2.75, 3.05) is 13.2 Å². The second-order valence-electron chi connectivity index (χ2n) is 6.00. The van der Waals surface area contributed by atoms with Crippen LogP contribution in [-0.4, -0.2) is 35.8 Å². The summed E-state index contributed by atoms with van der Waals surface area (Å²) in [7, 11) is 0. The van der Waals surface area contributed by atoms with E-state index in [1.807, 2.05) is 18.2 Å². The van der Waals surface area contributed by atoms with E-state index in [0.717, 1.165) is 17.7 Å². The van der Waals surface area contributed by atoms with Gasteiger partial charge in [0.25, 0.3) is 0 Å². The van der Waals surface area contributed by atoms with Gasteiger partial charge < -0.3 is 4.74 Å². The van der Waals surface area contributed by atoms with Crippen molar-refractivity contribution in [3.05, 3.63) is 35.9 Å². The Morgan fingerprint density at radius 3 is 2.30 bits per heavy atom. The molecule has 0 aromatic heterocycles. The number of ether oxygens (including phenoxy) is 1. The predicted octanol–water partition coefficient (Wildman–Crippen LogP) is 3.11. The fourth-order valence-corrected chi connectivity index (χ4v) is 2.72. The van der Waals surface area contributed by atoms with Gasteiger partial charge in [0.05, 0.1) is 6.54 Å². The Morgan fingerprint density at radius 2 is 1.83 bits per heavy atom. The lowest BCUT2D eigenvalue weighted by molar-refractivity contribution is -0.130. The average Bonchev–Trinajstić information content (AvgIpc) is 2.97. The Labute approximate surface area is 136 Å². The molecule has 0 bridgehead atoms. The molecule has 1 saturated heterocycles. The first kappa shape index (κ1) is 17.2. The van der Waals surface area contributed by atoms with Gasteiger partial charge in [0.1, 0.15) is 12.4 Å². The molecule has 1 heterocycles. The highest BCUT2D eigenvalue weighted by atomic mass is 16.6. The van der Waals surface area contributed by atoms with Crippen molar-refractivity contribution < 1.29 is 19.1 Å². The highest BCUT2D eigenvalue weighted by molar-refractivity contribution is 5.93. The summed E-state index contributed by atoms with van der Waals surface area (Å²) in [5, 5.41) is 0. The largest absolute Gasteiger partial charge is 0.447 e. The van der Waals surface area contributed by atoms with E-state index in [0.29, 0.717) is 32.4 Å². The summed E-state index contributed by atoms with van der Waals surface area (Å²) < 4.78 is 4.70. The quantitative estimate of drug-likeness (QED) is 0.841. The first-order valence-corrected chi connectivity index (χ1v) is 8.06. The first-order valence-electron chi connectivity index (χ1n) is 8.06. The molecule has 0 N–H and O–H groups in total. The van der Waals surface area contributed by atoms with E-state index in [9.17, 15) is 14.4 Å². The van der Waals surface area contributed by atoms with Crippen LogP contribution >= 0.6 is 0 Å². The van der Waals surface area contributed by atoms with Crippen molar-refractivity contribution in [1.82, 2.24) is 4.90 Å². The Bertz CT molecular complexity index is 545. The van der Waals surface area contributed by atoms with Gasteiger partial charge in [0.15, 0.2) is 0 Å². The number of nitrogens with zero attached hydrogens (tertiary/aromatic N) is 1. The number of cyclic esters (lactones) is 1. The van der Waals surface area contributed by atoms with Crippen molar-refractivity contribution in [2.24, 2.45) is 5.92 Å². The predicted molar refractivity (Wildman–Crippen MR) is 85.8 cm³/mol. The number of imide groups is 1. The number of hydrogen-bond donors (Lipinski definition) is 0. The standard InChI is InChI=1S/C11H15NO4.C7H8/c13-9-3-1-8(2-4-9)7-10(14)12-5-6-16-11(12)15;1-7-5-3-2-4-6-7/h8H,1-7H2;2-6H,1H3. The zero-order valence-electron chi connectivity index (χ0n) is 13.5. The maximum absolute atomic E-state index is 11.7. The molecule has 2 aliphatic rings. The molecule has 0 radical (unpaired) electrons. The van der Waals surface area contributed by atoms with Crippen LogP contribution in [0.2, 0.25) is 0 Å². The smallest absolute Gasteiger partial charge is 0.416 e. The van der Waals surface area contributed by atoms with Crippen LogP contribution in [0.15, 0.2) is 30.3 Å². The van der Waals surface area contributed by atoms with Gasteiger partial charge in [-0.25, -0.2) is 9.69 Å². The minimum absolute atomic E-state index is 0.165. The fourth-order valence-electron chi connectivity index (χ4n) is 2.72. The summed E-state index contributed by atoms with van der Waals surface area (Å²) in [5.41, 5.74) is 1.32. The van der Waals surface area contributed by atoms with E-state index in [1.54, 1.807) is 0 Å². The van der Waals surface area contributed by atoms with E-state index in [4.69, 9.17) is 4.74 Å². The van der Waals surface area contributed by atoms with Crippen LogP contribution in [0.4, 0.5) is 4.79 Å². The molecule has 23 heavy (non-hydrogen) atoms. The third-order valence-electron chi connectivity index (χ3n) is 4.13. The summed E-state index contributed by atoms with van der Waals surface area (Å²) in [5.74, 6) is 0.365. The number of hydrogen-bond acceptors (Lipinski definition) is 4. The molecule has 0 atom stereocenters. The Kier molecular flexibility index (Phi) is 6.32. The van der Waals surface area contributed by atoms with Gasteiger partial charge in [-0.2, -0.15) is 0 Å². The average molecular weight is 317 g/mol. The Hall–Kier alpha value is -2.17. The summed E-state index contributed by atoms with van der Waals surface area (Å²) in [6.07, 6.45) is 2.52. The number of aryl methyl sites for hydroxylation is 1. The SMILES string of the molecule is Cc1ccccc1.O=C1CCC(CC(=O)N2CCOC2=O)CC1. The number of benzene rings is 1. The normalized spacial score (nSPS) is 18.2. The van der Waals surface area contributed by atoms with Crippen LogP contribution in [0.3, 0.4) is 0 Å². The van der Waals surface area contributed by atoms with Gasteiger partial charge in [0.2, 0.25) is 5.91 Å². The number of carbonyl (C=O) groups excluding carboxylic acids is 3. The summed E-state index contributed by atoms with van der Waals surface area (Å²) in [6, 6.07) is 10.3. The summed E-state index contributed by atoms with van der Waals surface area (Å²) in [4.78, 5) is 35.1. The molecule has 2 fully saturated rings. The third kappa shape index (κ3) is 5.51. The van der Waals surface area contributed by atoms with E-state index in [1.165, 1.54) is 5.56 Å². The lowest BCUT2D eigenvalue weighted by Gasteiger charge is -2.21. The van der Waals surface area contributed by atoms with Gasteiger partial charge in [-0.05, 0) is 25.7 Å². The van der Waals surface area contributed by atoms with Crippen molar-refractivity contribution >= 4 is 17.8 Å². The number of rotatable bonds is 2. The van der Waals surface area contributed by atoms with E-state index < -0.39 is 6.09 Å². The van der Waals surface area contributed by atoms with E-state index >= 15 is 0 Å². The summed E-state index contributed by atoms with van der Waals surface area (Å²) >= 11 is 0. The second-order valence-corrected chi connectivity index (χ2v) is 6.00. The molecule has 5 nitrogen and oxygen atoms in total. The van der Waals surface area contributed by atoms with Gasteiger partial charge in [-0.15, -0.1) is 0 Å². The van der Waals surface area contributed by atoms with Crippen molar-refractivity contribution in [1.29, 1.82) is 0 Å². The minimum Gasteiger partial charge on any atom is -0.447 e. The number of amides is 2. The third-order valence-corrected chi connectivity index (χ3v) is 4.13. The zero-order chi connectivity index (χ0) is 16.7. The van der Waals surface area contributed by atoms with Crippen LogP contribution in [0.5, 0.6) is 0 Å². The molecule has 1 aromatic rings. The van der Waals surface area contributed by atoms with E-state index in [-0.39, 0.29) is 17.6 Å². The molecular formula is C18H23NO4. The topological polar surface area (TPSA) is 63.7 Å². The Morgan fingerprint density at radius 1 is 1.17 bits per heavy atom. The molecule has 1 aliphatic carbocycles. The Balaban J connectivity index is 0.000000229. The molecular weight excluding hydrogens is 294 g/mol. The molecule has 5 heteroatoms. The van der Waals surface area contributed by atoms with Crippen LogP contribution in [0.25, 0.3) is 0 Å². The van der Waals surface area contributed by atoms with Crippen molar-refractivity contribution in [3.63, 3.8) is 0 Å². The molecule has 1 saturated carbocycles. The summed E-state index contributed by atoms with van der Waals surface area (Å²) in [6.45, 7) is 2.75. The molecule has 0 unspecified atom stereocenters. The lowest BCUT2D eigenvalue weighted by atomic mass is 9.86. The highest BCUT2D eigenvalue weighted by Crippen LogP contribution is 2.25. The second kappa shape index (κ2) is 8.46. The molecule has 2 amide bonds. The van der Waals surface area contributed by atoms with Crippen molar-refractivity contribution in [2.45, 2.75) is 39.0 Å². The number of carbonyl (C=O) groups is 3.